The SMILES string of the molecule is COc1ccc(OC)c(NC(=O)COC(=O)c2cc(O)c3ccccc3c2O)c1. The molecule has 3 rings (SSSR count). The van der Waals surface area contributed by atoms with Gasteiger partial charge in [0.25, 0.3) is 5.91 Å². The summed E-state index contributed by atoms with van der Waals surface area (Å²) in [5, 5.41) is 23.7. The highest BCUT2D eigenvalue weighted by Gasteiger charge is 2.19. The van der Waals surface area contributed by atoms with Gasteiger partial charge in [-0.25, -0.2) is 4.79 Å². The first-order valence-electron chi connectivity index (χ1n) is 8.57. The Balaban J connectivity index is 1.72. The fourth-order valence-electron chi connectivity index (χ4n) is 2.80. The lowest BCUT2D eigenvalue weighted by Gasteiger charge is -2.12. The molecule has 150 valence electrons. The minimum atomic E-state index is -0.948. The molecular formula is C21H19NO7. The molecule has 3 N–H and O–H groups in total. The van der Waals surface area contributed by atoms with Gasteiger partial charge in [-0.3, -0.25) is 4.79 Å². The molecule has 1 amide bonds. The second-order valence-electron chi connectivity index (χ2n) is 6.03. The van der Waals surface area contributed by atoms with Crippen LogP contribution in [0.2, 0.25) is 0 Å². The Hall–Kier alpha value is -3.94. The van der Waals surface area contributed by atoms with E-state index in [1.807, 2.05) is 0 Å². The number of nitrogens with one attached hydrogen (secondary N) is 1. The van der Waals surface area contributed by atoms with E-state index in [1.165, 1.54) is 14.2 Å². The summed E-state index contributed by atoms with van der Waals surface area (Å²) in [6, 6.07) is 12.5. The molecule has 8 nitrogen and oxygen atoms in total. The summed E-state index contributed by atoms with van der Waals surface area (Å²) in [5.74, 6) is -1.17. The molecule has 0 saturated heterocycles. The minimum absolute atomic E-state index is 0.184. The number of anilines is 1. The number of esters is 1. The summed E-state index contributed by atoms with van der Waals surface area (Å²) in [5.41, 5.74) is 0.104. The highest BCUT2D eigenvalue weighted by Crippen LogP contribution is 2.35. The molecule has 0 heterocycles. The molecule has 0 atom stereocenters. The van der Waals surface area contributed by atoms with Crippen LogP contribution in [0.1, 0.15) is 10.4 Å². The van der Waals surface area contributed by atoms with E-state index in [4.69, 9.17) is 14.2 Å². The number of methoxy groups -OCH3 is 2. The fourth-order valence-corrected chi connectivity index (χ4v) is 2.80. The second kappa shape index (κ2) is 8.39. The number of hydrogen-bond acceptors (Lipinski definition) is 7. The minimum Gasteiger partial charge on any atom is -0.507 e. The molecule has 0 saturated carbocycles. The first-order valence-corrected chi connectivity index (χ1v) is 8.57. The predicted octanol–water partition coefficient (Wildman–Crippen LogP) is 3.06. The average Bonchev–Trinajstić information content (AvgIpc) is 2.74. The number of fused-ring (bicyclic) bond motifs is 1. The first-order chi connectivity index (χ1) is 13.9. The zero-order valence-corrected chi connectivity index (χ0v) is 15.8. The lowest BCUT2D eigenvalue weighted by Crippen LogP contribution is -2.21. The molecule has 29 heavy (non-hydrogen) atoms. The number of hydrogen-bond donors (Lipinski definition) is 3. The van der Waals surface area contributed by atoms with E-state index in [0.29, 0.717) is 28.0 Å². The standard InChI is InChI=1S/C21H19NO7/c1-27-12-7-8-18(28-2)16(9-12)22-19(24)11-29-21(26)15-10-17(23)13-5-3-4-6-14(13)20(15)25/h3-10,23,25H,11H2,1-2H3,(H,22,24). The molecule has 0 aliphatic rings. The van der Waals surface area contributed by atoms with Gasteiger partial charge in [-0.1, -0.05) is 24.3 Å². The quantitative estimate of drug-likeness (QED) is 0.433. The van der Waals surface area contributed by atoms with Gasteiger partial charge in [0.05, 0.1) is 19.9 Å². The number of ether oxygens (including phenoxy) is 3. The normalized spacial score (nSPS) is 10.4. The number of rotatable bonds is 6. The third-order valence-corrected chi connectivity index (χ3v) is 4.23. The molecule has 0 unspecified atom stereocenters. The van der Waals surface area contributed by atoms with Crippen LogP contribution in [0.4, 0.5) is 5.69 Å². The molecule has 0 fully saturated rings. The highest BCUT2D eigenvalue weighted by molar-refractivity contribution is 6.04. The Bertz CT molecular complexity index is 1080. The van der Waals surface area contributed by atoms with Crippen LogP contribution in [0.15, 0.2) is 48.5 Å². The van der Waals surface area contributed by atoms with E-state index in [9.17, 15) is 19.8 Å². The monoisotopic (exact) mass is 397 g/mol. The fraction of sp³-hybridized carbons (Fsp3) is 0.143. The van der Waals surface area contributed by atoms with Crippen molar-refractivity contribution in [3.8, 4) is 23.0 Å². The van der Waals surface area contributed by atoms with Gasteiger partial charge in [0.2, 0.25) is 0 Å². The van der Waals surface area contributed by atoms with E-state index < -0.39 is 18.5 Å². The van der Waals surface area contributed by atoms with Crippen molar-refractivity contribution in [3.63, 3.8) is 0 Å². The van der Waals surface area contributed by atoms with Crippen molar-refractivity contribution in [2.24, 2.45) is 0 Å². The predicted molar refractivity (Wildman–Crippen MR) is 106 cm³/mol. The van der Waals surface area contributed by atoms with E-state index in [2.05, 4.69) is 5.32 Å². The maximum absolute atomic E-state index is 12.3. The molecule has 0 bridgehead atoms. The summed E-state index contributed by atoms with van der Waals surface area (Å²) in [4.78, 5) is 24.5. The van der Waals surface area contributed by atoms with Crippen LogP contribution in [0.25, 0.3) is 10.8 Å². The van der Waals surface area contributed by atoms with Crippen molar-refractivity contribution in [1.82, 2.24) is 0 Å². The van der Waals surface area contributed by atoms with Crippen LogP contribution in [0, 0.1) is 0 Å². The van der Waals surface area contributed by atoms with Gasteiger partial charge in [0, 0.05) is 16.8 Å². The van der Waals surface area contributed by atoms with E-state index in [0.717, 1.165) is 6.07 Å². The van der Waals surface area contributed by atoms with Crippen LogP contribution < -0.4 is 14.8 Å². The van der Waals surface area contributed by atoms with Crippen LogP contribution in [-0.4, -0.2) is 42.9 Å². The Kier molecular flexibility index (Phi) is 5.73. The smallest absolute Gasteiger partial charge is 0.342 e. The maximum Gasteiger partial charge on any atom is 0.342 e. The lowest BCUT2D eigenvalue weighted by molar-refractivity contribution is -0.119. The topological polar surface area (TPSA) is 114 Å². The largest absolute Gasteiger partial charge is 0.507 e. The molecule has 3 aromatic carbocycles. The third-order valence-electron chi connectivity index (χ3n) is 4.23. The van der Waals surface area contributed by atoms with Crippen LogP contribution in [0.5, 0.6) is 23.0 Å². The van der Waals surface area contributed by atoms with Gasteiger partial charge in [-0.05, 0) is 18.2 Å². The molecule has 8 heteroatoms. The molecular weight excluding hydrogens is 378 g/mol. The van der Waals surface area contributed by atoms with Crippen molar-refractivity contribution in [3.05, 3.63) is 54.1 Å². The number of phenolic OH excluding ortho intramolecular Hbond substituents is 2. The van der Waals surface area contributed by atoms with Gasteiger partial charge in [0.15, 0.2) is 6.61 Å². The molecule has 0 spiro atoms. The molecule has 3 aromatic rings. The zero-order chi connectivity index (χ0) is 21.0. The number of aromatic hydroxyl groups is 2. The highest BCUT2D eigenvalue weighted by atomic mass is 16.5. The summed E-state index contributed by atoms with van der Waals surface area (Å²) in [7, 11) is 2.94. The number of phenols is 2. The van der Waals surface area contributed by atoms with Gasteiger partial charge >= 0.3 is 5.97 Å². The molecule has 0 aliphatic carbocycles. The summed E-state index contributed by atoms with van der Waals surface area (Å²) < 4.78 is 15.3. The van der Waals surface area contributed by atoms with Gasteiger partial charge in [0.1, 0.15) is 28.6 Å². The Morgan fingerprint density at radius 1 is 0.966 bits per heavy atom. The average molecular weight is 397 g/mol. The number of benzene rings is 3. The van der Waals surface area contributed by atoms with Gasteiger partial charge in [-0.2, -0.15) is 0 Å². The summed E-state index contributed by atoms with van der Waals surface area (Å²) >= 11 is 0. The van der Waals surface area contributed by atoms with E-state index in [1.54, 1.807) is 42.5 Å². The van der Waals surface area contributed by atoms with Crippen LogP contribution >= 0.6 is 0 Å². The number of carbonyl (C=O) groups excluding carboxylic acids is 2. The summed E-state index contributed by atoms with van der Waals surface area (Å²) in [6.07, 6.45) is 0. The maximum atomic E-state index is 12.3. The third kappa shape index (κ3) is 4.16. The molecule has 0 radical (unpaired) electrons. The first kappa shape index (κ1) is 19.8. The van der Waals surface area contributed by atoms with Gasteiger partial charge in [-0.15, -0.1) is 0 Å². The van der Waals surface area contributed by atoms with Crippen molar-refractivity contribution >= 4 is 28.3 Å². The van der Waals surface area contributed by atoms with E-state index in [-0.39, 0.29) is 17.1 Å². The van der Waals surface area contributed by atoms with Crippen LogP contribution in [0.3, 0.4) is 0 Å². The van der Waals surface area contributed by atoms with E-state index >= 15 is 0 Å². The zero-order valence-electron chi connectivity index (χ0n) is 15.8. The second-order valence-corrected chi connectivity index (χ2v) is 6.03. The van der Waals surface area contributed by atoms with Crippen molar-refractivity contribution in [2.45, 2.75) is 0 Å². The summed E-state index contributed by atoms with van der Waals surface area (Å²) in [6.45, 7) is -0.605. The van der Waals surface area contributed by atoms with Crippen molar-refractivity contribution in [1.29, 1.82) is 0 Å². The molecule has 0 aliphatic heterocycles. The van der Waals surface area contributed by atoms with Crippen LogP contribution in [-0.2, 0) is 9.53 Å². The Morgan fingerprint density at radius 3 is 2.38 bits per heavy atom. The number of carbonyl (C=O) groups is 2. The van der Waals surface area contributed by atoms with Crippen molar-refractivity contribution in [2.75, 3.05) is 26.1 Å². The van der Waals surface area contributed by atoms with Crippen molar-refractivity contribution < 1.29 is 34.0 Å². The Labute approximate surface area is 166 Å². The molecule has 0 aromatic heterocycles. The Morgan fingerprint density at radius 2 is 1.69 bits per heavy atom. The number of amides is 1. The van der Waals surface area contributed by atoms with Gasteiger partial charge < -0.3 is 29.7 Å². The lowest BCUT2D eigenvalue weighted by atomic mass is 10.0.